The number of aromatic hydroxyl groups is 3. The standard InChI is InChI=1S/C11H13NO7/c13-7-1-2-8(14)11(19)6(7)3-12(4-9(15)16)5-10(17)18/h1-2,13-14,19H,3-5H2,(H,15,16)(H,17,18). The van der Waals surface area contributed by atoms with Crippen LogP contribution in [0.15, 0.2) is 12.1 Å². The smallest absolute Gasteiger partial charge is 0.317 e. The lowest BCUT2D eigenvalue weighted by Crippen LogP contribution is -2.34. The first-order chi connectivity index (χ1) is 8.81. The number of hydrogen-bond donors (Lipinski definition) is 5. The predicted molar refractivity (Wildman–Crippen MR) is 62.0 cm³/mol. The Morgan fingerprint density at radius 1 is 0.947 bits per heavy atom. The van der Waals surface area contributed by atoms with Gasteiger partial charge in [0.1, 0.15) is 5.75 Å². The maximum atomic E-state index is 10.6. The molecule has 104 valence electrons. The Hall–Kier alpha value is -2.48. The fraction of sp³-hybridized carbons (Fsp3) is 0.273. The lowest BCUT2D eigenvalue weighted by atomic mass is 10.1. The first-order valence-corrected chi connectivity index (χ1v) is 5.20. The Bertz CT molecular complexity index is 484. The van der Waals surface area contributed by atoms with Crippen molar-refractivity contribution in [2.75, 3.05) is 13.1 Å². The molecule has 0 amide bonds. The first-order valence-electron chi connectivity index (χ1n) is 5.20. The minimum Gasteiger partial charge on any atom is -0.507 e. The van der Waals surface area contributed by atoms with E-state index in [0.717, 1.165) is 17.0 Å². The van der Waals surface area contributed by atoms with Crippen LogP contribution in [0.4, 0.5) is 0 Å². The normalized spacial score (nSPS) is 10.6. The molecule has 0 unspecified atom stereocenters. The summed E-state index contributed by atoms with van der Waals surface area (Å²) >= 11 is 0. The molecule has 0 heterocycles. The SMILES string of the molecule is O=C(O)CN(CC(=O)O)Cc1c(O)ccc(O)c1O. The Morgan fingerprint density at radius 2 is 1.42 bits per heavy atom. The molecular formula is C11H13NO7. The number of phenolic OH excluding ortho intramolecular Hbond substituents is 3. The molecule has 5 N–H and O–H groups in total. The van der Waals surface area contributed by atoms with E-state index in [9.17, 15) is 24.9 Å². The molecule has 0 saturated heterocycles. The van der Waals surface area contributed by atoms with Crippen molar-refractivity contribution in [2.24, 2.45) is 0 Å². The van der Waals surface area contributed by atoms with Gasteiger partial charge in [-0.2, -0.15) is 0 Å². The molecular weight excluding hydrogens is 258 g/mol. The van der Waals surface area contributed by atoms with Crippen LogP contribution in [0.25, 0.3) is 0 Å². The maximum absolute atomic E-state index is 10.6. The van der Waals surface area contributed by atoms with Crippen LogP contribution in [0.1, 0.15) is 5.56 Å². The van der Waals surface area contributed by atoms with Crippen molar-refractivity contribution < 1.29 is 35.1 Å². The number of carboxylic acids is 2. The van der Waals surface area contributed by atoms with Crippen molar-refractivity contribution in [1.82, 2.24) is 4.90 Å². The second-order valence-corrected chi connectivity index (χ2v) is 3.86. The molecule has 0 aromatic heterocycles. The Kier molecular flexibility index (Phi) is 4.54. The number of phenols is 3. The zero-order valence-corrected chi connectivity index (χ0v) is 9.78. The second kappa shape index (κ2) is 5.91. The summed E-state index contributed by atoms with van der Waals surface area (Å²) in [6, 6.07) is 2.18. The van der Waals surface area contributed by atoms with Gasteiger partial charge in [-0.15, -0.1) is 0 Å². The molecule has 0 bridgehead atoms. The van der Waals surface area contributed by atoms with E-state index in [0.29, 0.717) is 0 Å². The van der Waals surface area contributed by atoms with E-state index >= 15 is 0 Å². The topological polar surface area (TPSA) is 139 Å². The third-order valence-corrected chi connectivity index (χ3v) is 2.34. The predicted octanol–water partition coefficient (Wildman–Crippen LogP) is -0.225. The van der Waals surface area contributed by atoms with Gasteiger partial charge >= 0.3 is 11.9 Å². The van der Waals surface area contributed by atoms with E-state index in [4.69, 9.17) is 10.2 Å². The molecule has 0 atom stereocenters. The average molecular weight is 271 g/mol. The number of benzene rings is 1. The van der Waals surface area contributed by atoms with E-state index in [-0.39, 0.29) is 17.9 Å². The average Bonchev–Trinajstić information content (AvgIpc) is 2.28. The number of carboxylic acid groups (broad SMARTS) is 2. The lowest BCUT2D eigenvalue weighted by Gasteiger charge is -2.19. The quantitative estimate of drug-likeness (QED) is 0.353. The highest BCUT2D eigenvalue weighted by molar-refractivity contribution is 5.72. The Labute approximate surface area is 107 Å². The molecule has 0 aliphatic heterocycles. The van der Waals surface area contributed by atoms with Gasteiger partial charge in [0.05, 0.1) is 18.7 Å². The Morgan fingerprint density at radius 3 is 1.89 bits per heavy atom. The zero-order chi connectivity index (χ0) is 14.6. The summed E-state index contributed by atoms with van der Waals surface area (Å²) in [7, 11) is 0. The maximum Gasteiger partial charge on any atom is 0.317 e. The van der Waals surface area contributed by atoms with Crippen molar-refractivity contribution >= 4 is 11.9 Å². The van der Waals surface area contributed by atoms with Gasteiger partial charge in [-0.1, -0.05) is 0 Å². The third kappa shape index (κ3) is 4.03. The fourth-order valence-corrected chi connectivity index (χ4v) is 1.54. The first kappa shape index (κ1) is 14.6. The van der Waals surface area contributed by atoms with Gasteiger partial charge in [-0.3, -0.25) is 14.5 Å². The molecule has 8 heteroatoms. The van der Waals surface area contributed by atoms with Gasteiger partial charge in [0.15, 0.2) is 11.5 Å². The third-order valence-electron chi connectivity index (χ3n) is 2.34. The zero-order valence-electron chi connectivity index (χ0n) is 9.78. The molecule has 0 aliphatic carbocycles. The number of rotatable bonds is 6. The molecule has 0 radical (unpaired) electrons. The minimum absolute atomic E-state index is 0.137. The summed E-state index contributed by atoms with van der Waals surface area (Å²) in [5.41, 5.74) is -0.137. The largest absolute Gasteiger partial charge is 0.507 e. The highest BCUT2D eigenvalue weighted by Crippen LogP contribution is 2.35. The number of aliphatic carboxylic acids is 2. The van der Waals surface area contributed by atoms with Gasteiger partial charge in [-0.25, -0.2) is 0 Å². The van der Waals surface area contributed by atoms with Gasteiger partial charge in [0.25, 0.3) is 0 Å². The van der Waals surface area contributed by atoms with Gasteiger partial charge in [-0.05, 0) is 12.1 Å². The molecule has 0 fully saturated rings. The summed E-state index contributed by atoms with van der Waals surface area (Å²) in [6.45, 7) is -1.49. The molecule has 0 spiro atoms. The molecule has 0 aliphatic rings. The molecule has 8 nitrogen and oxygen atoms in total. The van der Waals surface area contributed by atoms with Crippen molar-refractivity contribution in [3.05, 3.63) is 17.7 Å². The monoisotopic (exact) mass is 271 g/mol. The van der Waals surface area contributed by atoms with Crippen LogP contribution in [0.5, 0.6) is 17.2 Å². The molecule has 0 saturated carbocycles. The molecule has 19 heavy (non-hydrogen) atoms. The summed E-state index contributed by atoms with van der Waals surface area (Å²) in [5.74, 6) is -3.96. The van der Waals surface area contributed by atoms with E-state index in [1.54, 1.807) is 0 Å². The van der Waals surface area contributed by atoms with E-state index in [2.05, 4.69) is 0 Å². The van der Waals surface area contributed by atoms with E-state index in [1.807, 2.05) is 0 Å². The van der Waals surface area contributed by atoms with Crippen LogP contribution in [-0.2, 0) is 16.1 Å². The van der Waals surface area contributed by atoms with Crippen LogP contribution in [-0.4, -0.2) is 55.5 Å². The summed E-state index contributed by atoms with van der Waals surface area (Å²) in [6.07, 6.45) is 0. The van der Waals surface area contributed by atoms with Gasteiger partial charge < -0.3 is 25.5 Å². The van der Waals surface area contributed by atoms with E-state index in [1.165, 1.54) is 0 Å². The van der Waals surface area contributed by atoms with Crippen LogP contribution in [0, 0.1) is 0 Å². The van der Waals surface area contributed by atoms with Crippen LogP contribution in [0.2, 0.25) is 0 Å². The van der Waals surface area contributed by atoms with Gasteiger partial charge in [0, 0.05) is 6.54 Å². The van der Waals surface area contributed by atoms with Crippen molar-refractivity contribution in [2.45, 2.75) is 6.54 Å². The number of carbonyl (C=O) groups is 2. The number of nitrogens with zero attached hydrogens (tertiary/aromatic N) is 1. The van der Waals surface area contributed by atoms with E-state index < -0.39 is 36.5 Å². The van der Waals surface area contributed by atoms with Gasteiger partial charge in [0.2, 0.25) is 0 Å². The highest BCUT2D eigenvalue weighted by atomic mass is 16.4. The van der Waals surface area contributed by atoms with Crippen molar-refractivity contribution in [3.8, 4) is 17.2 Å². The summed E-state index contributed by atoms with van der Waals surface area (Å²) in [4.78, 5) is 22.2. The minimum atomic E-state index is -1.25. The highest BCUT2D eigenvalue weighted by Gasteiger charge is 2.19. The summed E-state index contributed by atoms with van der Waals surface area (Å²) < 4.78 is 0. The van der Waals surface area contributed by atoms with Crippen LogP contribution < -0.4 is 0 Å². The lowest BCUT2D eigenvalue weighted by molar-refractivity contribution is -0.142. The van der Waals surface area contributed by atoms with Crippen molar-refractivity contribution in [1.29, 1.82) is 0 Å². The Balaban J connectivity index is 2.98. The van der Waals surface area contributed by atoms with Crippen molar-refractivity contribution in [3.63, 3.8) is 0 Å². The second-order valence-electron chi connectivity index (χ2n) is 3.86. The molecule has 1 aromatic rings. The summed E-state index contributed by atoms with van der Waals surface area (Å²) in [5, 5.41) is 45.7. The molecule has 1 rings (SSSR count). The van der Waals surface area contributed by atoms with Crippen LogP contribution >= 0.6 is 0 Å². The fourth-order valence-electron chi connectivity index (χ4n) is 1.54. The molecule has 1 aromatic carbocycles. The van der Waals surface area contributed by atoms with Crippen LogP contribution in [0.3, 0.4) is 0 Å². The number of hydrogen-bond acceptors (Lipinski definition) is 6.